The highest BCUT2D eigenvalue weighted by Gasteiger charge is 2.20. The Morgan fingerprint density at radius 1 is 1.33 bits per heavy atom. The normalized spacial score (nSPS) is 11.1. The third-order valence-corrected chi connectivity index (χ3v) is 4.16. The van der Waals surface area contributed by atoms with Crippen molar-refractivity contribution < 1.29 is 23.1 Å². The topological polar surface area (TPSA) is 97.6 Å². The molecule has 7 nitrogen and oxygen atoms in total. The number of hydrogen-bond acceptors (Lipinski definition) is 4. The number of aliphatic carboxylic acids is 1. The number of carboxylic acid groups (broad SMARTS) is 1. The van der Waals surface area contributed by atoms with Crippen LogP contribution in [-0.2, 0) is 21.2 Å². The largest absolute Gasteiger partial charge is 0.497 e. The maximum atomic E-state index is 12.3. The number of nitrogens with one attached hydrogen (secondary N) is 1. The van der Waals surface area contributed by atoms with Crippen LogP contribution < -0.4 is 9.57 Å². The van der Waals surface area contributed by atoms with E-state index >= 15 is 0 Å². The molecule has 1 aromatic carbocycles. The van der Waals surface area contributed by atoms with Gasteiger partial charge in [-0.3, -0.25) is 9.47 Å². The fourth-order valence-electron chi connectivity index (χ4n) is 1.83. The molecule has 112 valence electrons. The Hall–Kier alpha value is -2.48. The van der Waals surface area contributed by atoms with Gasteiger partial charge in [0.1, 0.15) is 5.75 Å². The van der Waals surface area contributed by atoms with Crippen molar-refractivity contribution in [3.8, 4) is 5.75 Å². The molecule has 1 heterocycles. The predicted molar refractivity (Wildman–Crippen MR) is 75.3 cm³/mol. The van der Waals surface area contributed by atoms with Crippen LogP contribution in [-0.4, -0.2) is 31.3 Å². The zero-order valence-corrected chi connectivity index (χ0v) is 12.0. The quantitative estimate of drug-likeness (QED) is 0.831. The van der Waals surface area contributed by atoms with Gasteiger partial charge in [0.25, 0.3) is 10.0 Å². The number of ether oxygens (including phenoxy) is 1. The molecule has 0 aliphatic heterocycles. The summed E-state index contributed by atoms with van der Waals surface area (Å²) in [5.41, 5.74) is 0.154. The zero-order chi connectivity index (χ0) is 15.5. The van der Waals surface area contributed by atoms with Gasteiger partial charge >= 0.3 is 5.97 Å². The van der Waals surface area contributed by atoms with Gasteiger partial charge in [-0.15, -0.1) is 0 Å². The number of benzene rings is 1. The maximum Gasteiger partial charge on any atom is 0.307 e. The third-order valence-electron chi connectivity index (χ3n) is 2.73. The number of methoxy groups -OCH3 is 1. The van der Waals surface area contributed by atoms with E-state index in [1.165, 1.54) is 42.4 Å². The number of aromatic nitrogens is 1. The molecule has 0 saturated carbocycles. The Bertz CT molecular complexity index is 738. The predicted octanol–water partition coefficient (Wildman–Crippen LogP) is 1.06. The summed E-state index contributed by atoms with van der Waals surface area (Å²) in [6, 6.07) is 7.51. The molecule has 0 radical (unpaired) electrons. The lowest BCUT2D eigenvalue weighted by atomic mass is 10.1. The fraction of sp³-hybridized carbons (Fsp3) is 0.154. The van der Waals surface area contributed by atoms with Crippen LogP contribution in [0.25, 0.3) is 0 Å². The molecule has 1 aromatic heterocycles. The van der Waals surface area contributed by atoms with Crippen LogP contribution in [0.1, 0.15) is 5.56 Å². The van der Waals surface area contributed by atoms with Gasteiger partial charge in [-0.1, -0.05) is 0 Å². The second-order valence-corrected chi connectivity index (χ2v) is 5.86. The highest BCUT2D eigenvalue weighted by molar-refractivity contribution is 7.92. The molecule has 2 N–H and O–H groups in total. The minimum absolute atomic E-state index is 0.0978. The standard InChI is InChI=1S/C13H14N2O5S/c1-20-11-4-5-12(10(8-11)9-13(16)17)21(18,19)14-15-6-2-3-7-15/h2-8,14H,9H2,1H3,(H,16,17). The van der Waals surface area contributed by atoms with Crippen molar-refractivity contribution in [3.05, 3.63) is 48.3 Å². The highest BCUT2D eigenvalue weighted by atomic mass is 32.2. The van der Waals surface area contributed by atoms with Gasteiger partial charge in [0, 0.05) is 12.4 Å². The van der Waals surface area contributed by atoms with E-state index in [0.29, 0.717) is 5.75 Å². The molecule has 0 bridgehead atoms. The van der Waals surface area contributed by atoms with E-state index in [1.54, 1.807) is 12.1 Å². The minimum atomic E-state index is -3.89. The van der Waals surface area contributed by atoms with Crippen LogP contribution in [0.5, 0.6) is 5.75 Å². The number of carboxylic acids is 1. The Morgan fingerprint density at radius 2 is 2.00 bits per heavy atom. The number of sulfonamides is 1. The first-order chi connectivity index (χ1) is 9.92. The molecule has 0 atom stereocenters. The first-order valence-corrected chi connectivity index (χ1v) is 7.45. The zero-order valence-electron chi connectivity index (χ0n) is 11.2. The second kappa shape index (κ2) is 5.88. The lowest BCUT2D eigenvalue weighted by Gasteiger charge is -2.13. The second-order valence-electron chi connectivity index (χ2n) is 4.23. The van der Waals surface area contributed by atoms with Gasteiger partial charge in [-0.25, -0.2) is 4.83 Å². The molecule has 0 amide bonds. The number of hydrogen-bond donors (Lipinski definition) is 2. The molecular weight excluding hydrogens is 296 g/mol. The molecule has 0 fully saturated rings. The van der Waals surface area contributed by atoms with Crippen LogP contribution in [0.2, 0.25) is 0 Å². The molecule has 0 spiro atoms. The molecule has 21 heavy (non-hydrogen) atoms. The average molecular weight is 310 g/mol. The molecule has 0 saturated heterocycles. The van der Waals surface area contributed by atoms with E-state index < -0.39 is 22.4 Å². The van der Waals surface area contributed by atoms with E-state index in [2.05, 4.69) is 4.83 Å². The van der Waals surface area contributed by atoms with Crippen molar-refractivity contribution in [1.29, 1.82) is 0 Å². The summed E-state index contributed by atoms with van der Waals surface area (Å²) >= 11 is 0. The van der Waals surface area contributed by atoms with Crippen molar-refractivity contribution in [3.63, 3.8) is 0 Å². The summed E-state index contributed by atoms with van der Waals surface area (Å²) < 4.78 is 30.9. The summed E-state index contributed by atoms with van der Waals surface area (Å²) in [6.45, 7) is 0. The van der Waals surface area contributed by atoms with Crippen molar-refractivity contribution >= 4 is 16.0 Å². The van der Waals surface area contributed by atoms with E-state index in [4.69, 9.17) is 9.84 Å². The minimum Gasteiger partial charge on any atom is -0.497 e. The summed E-state index contributed by atoms with van der Waals surface area (Å²) in [6.07, 6.45) is 2.63. The van der Waals surface area contributed by atoms with Gasteiger partial charge in [0.05, 0.1) is 18.4 Å². The van der Waals surface area contributed by atoms with Crippen LogP contribution in [0.15, 0.2) is 47.6 Å². The molecule has 2 aromatic rings. The van der Waals surface area contributed by atoms with Crippen molar-refractivity contribution in [2.75, 3.05) is 11.9 Å². The van der Waals surface area contributed by atoms with Gasteiger partial charge in [0.15, 0.2) is 0 Å². The van der Waals surface area contributed by atoms with E-state index in [9.17, 15) is 13.2 Å². The van der Waals surface area contributed by atoms with Gasteiger partial charge in [-0.2, -0.15) is 8.42 Å². The number of rotatable bonds is 6. The SMILES string of the molecule is COc1ccc(S(=O)(=O)Nn2cccc2)c(CC(=O)O)c1. The lowest BCUT2D eigenvalue weighted by molar-refractivity contribution is -0.136. The Morgan fingerprint density at radius 3 is 2.57 bits per heavy atom. The van der Waals surface area contributed by atoms with Gasteiger partial charge in [-0.05, 0) is 35.9 Å². The lowest BCUT2D eigenvalue weighted by Crippen LogP contribution is -2.23. The van der Waals surface area contributed by atoms with Crippen LogP contribution >= 0.6 is 0 Å². The third kappa shape index (κ3) is 3.54. The van der Waals surface area contributed by atoms with Crippen LogP contribution in [0.4, 0.5) is 0 Å². The molecular formula is C13H14N2O5S. The summed E-state index contributed by atoms with van der Waals surface area (Å²) in [7, 11) is -2.47. The summed E-state index contributed by atoms with van der Waals surface area (Å²) in [4.78, 5) is 13.1. The molecule has 0 unspecified atom stereocenters. The molecule has 2 rings (SSSR count). The monoisotopic (exact) mass is 310 g/mol. The Balaban J connectivity index is 2.43. The summed E-state index contributed by atoms with van der Waals surface area (Å²) in [5.74, 6) is -0.730. The first kappa shape index (κ1) is 14.9. The van der Waals surface area contributed by atoms with E-state index in [1.807, 2.05) is 0 Å². The van der Waals surface area contributed by atoms with Crippen LogP contribution in [0, 0.1) is 0 Å². The molecule has 0 aliphatic carbocycles. The van der Waals surface area contributed by atoms with E-state index in [-0.39, 0.29) is 10.5 Å². The Labute approximate surface area is 121 Å². The first-order valence-electron chi connectivity index (χ1n) is 5.97. The van der Waals surface area contributed by atoms with Gasteiger partial charge in [0.2, 0.25) is 0 Å². The average Bonchev–Trinajstić information content (AvgIpc) is 2.89. The maximum absolute atomic E-state index is 12.3. The van der Waals surface area contributed by atoms with Crippen molar-refractivity contribution in [2.45, 2.75) is 11.3 Å². The summed E-state index contributed by atoms with van der Waals surface area (Å²) in [5, 5.41) is 8.92. The van der Waals surface area contributed by atoms with Gasteiger partial charge < -0.3 is 9.84 Å². The van der Waals surface area contributed by atoms with Crippen molar-refractivity contribution in [2.24, 2.45) is 0 Å². The van der Waals surface area contributed by atoms with Crippen molar-refractivity contribution in [1.82, 2.24) is 4.68 Å². The number of carbonyl (C=O) groups is 1. The molecule has 8 heteroatoms. The fourth-order valence-corrected chi connectivity index (χ4v) is 3.05. The highest BCUT2D eigenvalue weighted by Crippen LogP contribution is 2.22. The Kier molecular flexibility index (Phi) is 4.18. The smallest absolute Gasteiger partial charge is 0.307 e. The van der Waals surface area contributed by atoms with Crippen LogP contribution in [0.3, 0.4) is 0 Å². The molecule has 0 aliphatic rings. The van der Waals surface area contributed by atoms with E-state index in [0.717, 1.165) is 0 Å². The number of nitrogens with zero attached hydrogens (tertiary/aromatic N) is 1.